The number of carbonyl (C=O) groups is 1. The molecule has 5 nitrogen and oxygen atoms in total. The molecule has 1 N–H and O–H groups in total. The van der Waals surface area contributed by atoms with Crippen molar-refractivity contribution in [1.82, 2.24) is 14.9 Å². The van der Waals surface area contributed by atoms with Gasteiger partial charge in [0.05, 0.1) is 5.56 Å². The lowest BCUT2D eigenvalue weighted by Crippen LogP contribution is -2.49. The van der Waals surface area contributed by atoms with Crippen LogP contribution in [0.4, 0.5) is 19.0 Å². The van der Waals surface area contributed by atoms with Gasteiger partial charge in [-0.2, -0.15) is 13.2 Å². The third-order valence-electron chi connectivity index (χ3n) is 5.31. The number of fused-ring (bicyclic) bond motifs is 1. The van der Waals surface area contributed by atoms with Gasteiger partial charge in [-0.25, -0.2) is 4.98 Å². The number of para-hydroxylation sites is 1. The summed E-state index contributed by atoms with van der Waals surface area (Å²) in [6.07, 6.45) is -0.481. The molecule has 29 heavy (non-hydrogen) atoms. The van der Waals surface area contributed by atoms with Gasteiger partial charge in [0.2, 0.25) is 5.91 Å². The number of hydrogen-bond acceptors (Lipinski definition) is 3. The highest BCUT2D eigenvalue weighted by molar-refractivity contribution is 5.84. The van der Waals surface area contributed by atoms with Crippen molar-refractivity contribution in [3.8, 4) is 0 Å². The van der Waals surface area contributed by atoms with E-state index in [-0.39, 0.29) is 5.91 Å². The first-order chi connectivity index (χ1) is 13.9. The molecule has 1 aliphatic rings. The van der Waals surface area contributed by atoms with E-state index in [1.54, 1.807) is 0 Å². The maximum absolute atomic E-state index is 12.7. The van der Waals surface area contributed by atoms with Crippen LogP contribution in [0.5, 0.6) is 0 Å². The number of aryl methyl sites for hydroxylation is 1. The predicted octanol–water partition coefficient (Wildman–Crippen LogP) is 3.86. The first-order valence-corrected chi connectivity index (χ1v) is 9.53. The molecule has 152 valence electrons. The minimum atomic E-state index is -4.39. The Kier molecular flexibility index (Phi) is 5.17. The van der Waals surface area contributed by atoms with E-state index in [2.05, 4.69) is 9.97 Å². The number of anilines is 1. The number of pyridine rings is 1. The van der Waals surface area contributed by atoms with Crippen LogP contribution in [-0.4, -0.2) is 47.0 Å². The highest BCUT2D eigenvalue weighted by atomic mass is 19.4. The van der Waals surface area contributed by atoms with Crippen molar-refractivity contribution >= 4 is 22.6 Å². The van der Waals surface area contributed by atoms with Crippen LogP contribution in [0.25, 0.3) is 10.9 Å². The molecule has 0 spiro atoms. The van der Waals surface area contributed by atoms with E-state index < -0.39 is 11.7 Å². The lowest BCUT2D eigenvalue weighted by atomic mass is 10.1. The molecular weight excluding hydrogens is 381 g/mol. The van der Waals surface area contributed by atoms with Gasteiger partial charge in [-0.1, -0.05) is 18.2 Å². The number of hydrogen-bond donors (Lipinski definition) is 1. The van der Waals surface area contributed by atoms with E-state index >= 15 is 0 Å². The zero-order valence-electron chi connectivity index (χ0n) is 15.7. The molecule has 0 atom stereocenters. The maximum Gasteiger partial charge on any atom is 0.417 e. The number of halogens is 3. The van der Waals surface area contributed by atoms with Crippen molar-refractivity contribution in [2.24, 2.45) is 0 Å². The summed E-state index contributed by atoms with van der Waals surface area (Å²) in [5.41, 5.74) is 1.43. The Balaban J connectivity index is 1.30. The smallest absolute Gasteiger partial charge is 0.361 e. The number of alkyl halides is 3. The molecule has 0 saturated carbocycles. The van der Waals surface area contributed by atoms with Gasteiger partial charge in [-0.15, -0.1) is 0 Å². The molecule has 1 aromatic carbocycles. The normalized spacial score (nSPS) is 15.1. The Labute approximate surface area is 166 Å². The standard InChI is InChI=1S/C21H21F3N4O/c22-21(23,24)16-6-7-19(26-14-16)27-9-11-28(12-10-27)20(29)8-5-15-13-25-18-4-2-1-3-17(15)18/h1-4,6-7,13-14,25H,5,8-12H2. The molecule has 1 amide bonds. The summed E-state index contributed by atoms with van der Waals surface area (Å²) in [6.45, 7) is 2.18. The van der Waals surface area contributed by atoms with E-state index in [0.29, 0.717) is 44.8 Å². The van der Waals surface area contributed by atoms with E-state index in [4.69, 9.17) is 0 Å². The van der Waals surface area contributed by atoms with Crippen LogP contribution < -0.4 is 4.90 Å². The van der Waals surface area contributed by atoms with E-state index in [0.717, 1.165) is 28.7 Å². The number of H-pyrrole nitrogens is 1. The minimum Gasteiger partial charge on any atom is -0.361 e. The van der Waals surface area contributed by atoms with Crippen LogP contribution in [0, 0.1) is 0 Å². The van der Waals surface area contributed by atoms with Crippen molar-refractivity contribution in [1.29, 1.82) is 0 Å². The molecule has 0 bridgehead atoms. The van der Waals surface area contributed by atoms with Gasteiger partial charge in [-0.3, -0.25) is 4.79 Å². The number of nitrogens with zero attached hydrogens (tertiary/aromatic N) is 3. The Hall–Kier alpha value is -3.03. The van der Waals surface area contributed by atoms with Crippen LogP contribution >= 0.6 is 0 Å². The first-order valence-electron chi connectivity index (χ1n) is 9.53. The van der Waals surface area contributed by atoms with Crippen LogP contribution in [0.3, 0.4) is 0 Å². The number of nitrogens with one attached hydrogen (secondary N) is 1. The quantitative estimate of drug-likeness (QED) is 0.721. The topological polar surface area (TPSA) is 52.2 Å². The van der Waals surface area contributed by atoms with Crippen molar-refractivity contribution in [3.63, 3.8) is 0 Å². The molecule has 2 aromatic heterocycles. The molecule has 0 unspecified atom stereocenters. The summed E-state index contributed by atoms with van der Waals surface area (Å²) in [4.78, 5) is 23.5. The van der Waals surface area contributed by atoms with Gasteiger partial charge in [0.1, 0.15) is 5.82 Å². The summed E-state index contributed by atoms with van der Waals surface area (Å²) in [6, 6.07) is 10.4. The molecule has 4 rings (SSSR count). The number of rotatable bonds is 4. The summed E-state index contributed by atoms with van der Waals surface area (Å²) in [5.74, 6) is 0.596. The SMILES string of the molecule is O=C(CCc1c[nH]c2ccccc12)N1CCN(c2ccc(C(F)(F)F)cn2)CC1. The fourth-order valence-electron chi connectivity index (χ4n) is 3.66. The molecule has 3 heterocycles. The van der Waals surface area contributed by atoms with Gasteiger partial charge in [0, 0.05) is 55.9 Å². The van der Waals surface area contributed by atoms with Gasteiger partial charge in [0.15, 0.2) is 0 Å². The van der Waals surface area contributed by atoms with Crippen molar-refractivity contribution in [2.75, 3.05) is 31.1 Å². The van der Waals surface area contributed by atoms with E-state index in [1.165, 1.54) is 6.07 Å². The van der Waals surface area contributed by atoms with Gasteiger partial charge in [0.25, 0.3) is 0 Å². The molecule has 0 radical (unpaired) electrons. The molecule has 1 fully saturated rings. The highest BCUT2D eigenvalue weighted by Crippen LogP contribution is 2.29. The summed E-state index contributed by atoms with van der Waals surface area (Å²) >= 11 is 0. The van der Waals surface area contributed by atoms with Crippen molar-refractivity contribution in [3.05, 3.63) is 59.9 Å². The number of amides is 1. The average molecular weight is 402 g/mol. The van der Waals surface area contributed by atoms with Gasteiger partial charge < -0.3 is 14.8 Å². The number of benzene rings is 1. The number of carbonyl (C=O) groups excluding carboxylic acids is 1. The van der Waals surface area contributed by atoms with Crippen molar-refractivity contribution in [2.45, 2.75) is 19.0 Å². The predicted molar refractivity (Wildman–Crippen MR) is 105 cm³/mol. The van der Waals surface area contributed by atoms with Crippen LogP contribution in [0.15, 0.2) is 48.8 Å². The van der Waals surface area contributed by atoms with Crippen LogP contribution in [0.1, 0.15) is 17.5 Å². The average Bonchev–Trinajstić information content (AvgIpc) is 3.15. The van der Waals surface area contributed by atoms with E-state index in [9.17, 15) is 18.0 Å². The highest BCUT2D eigenvalue weighted by Gasteiger charge is 2.31. The number of aromatic amines is 1. The second-order valence-corrected chi connectivity index (χ2v) is 7.13. The number of piperazine rings is 1. The molecule has 1 saturated heterocycles. The molecule has 0 aliphatic carbocycles. The van der Waals surface area contributed by atoms with Crippen LogP contribution in [0.2, 0.25) is 0 Å². The third kappa shape index (κ3) is 4.21. The lowest BCUT2D eigenvalue weighted by molar-refractivity contribution is -0.137. The molecule has 8 heteroatoms. The Morgan fingerprint density at radius 3 is 2.52 bits per heavy atom. The summed E-state index contributed by atoms with van der Waals surface area (Å²) < 4.78 is 38.0. The number of aromatic nitrogens is 2. The van der Waals surface area contributed by atoms with Gasteiger partial charge >= 0.3 is 6.18 Å². The zero-order valence-corrected chi connectivity index (χ0v) is 15.7. The van der Waals surface area contributed by atoms with Crippen LogP contribution in [-0.2, 0) is 17.4 Å². The first kappa shape index (κ1) is 19.3. The molecule has 3 aromatic rings. The molecular formula is C21H21F3N4O. The zero-order chi connectivity index (χ0) is 20.4. The Morgan fingerprint density at radius 2 is 1.83 bits per heavy atom. The molecule has 1 aliphatic heterocycles. The van der Waals surface area contributed by atoms with Crippen molar-refractivity contribution < 1.29 is 18.0 Å². The monoisotopic (exact) mass is 402 g/mol. The fourth-order valence-corrected chi connectivity index (χ4v) is 3.66. The Bertz CT molecular complexity index is 989. The third-order valence-corrected chi connectivity index (χ3v) is 5.31. The maximum atomic E-state index is 12.7. The summed E-state index contributed by atoms with van der Waals surface area (Å²) in [7, 11) is 0. The van der Waals surface area contributed by atoms with E-state index in [1.807, 2.05) is 40.3 Å². The summed E-state index contributed by atoms with van der Waals surface area (Å²) in [5, 5.41) is 1.14. The minimum absolute atomic E-state index is 0.0929. The fraction of sp³-hybridized carbons (Fsp3) is 0.333. The largest absolute Gasteiger partial charge is 0.417 e. The van der Waals surface area contributed by atoms with Gasteiger partial charge in [-0.05, 0) is 30.2 Å². The Morgan fingerprint density at radius 1 is 1.07 bits per heavy atom. The second-order valence-electron chi connectivity index (χ2n) is 7.13. The lowest BCUT2D eigenvalue weighted by Gasteiger charge is -2.35. The second kappa shape index (κ2) is 7.77.